The van der Waals surface area contributed by atoms with Crippen LogP contribution in [0.4, 0.5) is 5.69 Å². The summed E-state index contributed by atoms with van der Waals surface area (Å²) in [4.78, 5) is 6.95. The average molecular weight is 173 g/mol. The lowest BCUT2D eigenvalue weighted by Crippen LogP contribution is -1.97. The Kier molecular flexibility index (Phi) is 2.27. The lowest BCUT2D eigenvalue weighted by atomic mass is 10.3. The van der Waals surface area contributed by atoms with Gasteiger partial charge >= 0.3 is 0 Å². The second kappa shape index (κ2) is 3.76. The number of hydrogen-bond acceptors (Lipinski definition) is 2. The summed E-state index contributed by atoms with van der Waals surface area (Å²) >= 11 is 0. The molecule has 0 aliphatic rings. The van der Waals surface area contributed by atoms with Crippen molar-refractivity contribution in [3.63, 3.8) is 0 Å². The fourth-order valence-corrected chi connectivity index (χ4v) is 1.14. The summed E-state index contributed by atoms with van der Waals surface area (Å²) in [6.45, 7) is 0.834. The molecule has 66 valence electrons. The summed E-state index contributed by atoms with van der Waals surface area (Å²) in [6, 6.07) is 6.00. The van der Waals surface area contributed by atoms with Gasteiger partial charge in [-0.3, -0.25) is 4.98 Å². The van der Waals surface area contributed by atoms with Crippen molar-refractivity contribution in [2.24, 2.45) is 0 Å². The van der Waals surface area contributed by atoms with Gasteiger partial charge in [0.1, 0.15) is 0 Å². The second-order valence-corrected chi connectivity index (χ2v) is 2.81. The molecular formula is C10H11N3. The smallest absolute Gasteiger partial charge is 0.0520 e. The highest BCUT2D eigenvalue weighted by atomic mass is 14.9. The van der Waals surface area contributed by atoms with Crippen molar-refractivity contribution in [2.75, 3.05) is 5.32 Å². The molecule has 2 heterocycles. The first kappa shape index (κ1) is 7.86. The molecule has 0 spiro atoms. The lowest BCUT2D eigenvalue weighted by Gasteiger charge is -2.02. The van der Waals surface area contributed by atoms with Gasteiger partial charge in [-0.1, -0.05) is 0 Å². The maximum absolute atomic E-state index is 3.96. The molecule has 0 fully saturated rings. The van der Waals surface area contributed by atoms with E-state index in [-0.39, 0.29) is 0 Å². The highest BCUT2D eigenvalue weighted by molar-refractivity contribution is 5.40. The summed E-state index contributed by atoms with van der Waals surface area (Å²) in [6.07, 6.45) is 7.43. The van der Waals surface area contributed by atoms with Gasteiger partial charge in [0.2, 0.25) is 0 Å². The first-order chi connectivity index (χ1) is 6.45. The van der Waals surface area contributed by atoms with E-state index in [0.29, 0.717) is 0 Å². The van der Waals surface area contributed by atoms with Gasteiger partial charge in [-0.05, 0) is 23.8 Å². The van der Waals surface area contributed by atoms with Crippen LogP contribution in [-0.4, -0.2) is 9.97 Å². The summed E-state index contributed by atoms with van der Waals surface area (Å²) in [5.74, 6) is 0. The van der Waals surface area contributed by atoms with E-state index in [1.807, 2.05) is 30.6 Å². The third-order valence-corrected chi connectivity index (χ3v) is 1.84. The Morgan fingerprint density at radius 2 is 2.08 bits per heavy atom. The molecule has 0 bridgehead atoms. The van der Waals surface area contributed by atoms with Gasteiger partial charge in [0.15, 0.2) is 0 Å². The molecule has 0 atom stereocenters. The van der Waals surface area contributed by atoms with E-state index in [4.69, 9.17) is 0 Å². The summed E-state index contributed by atoms with van der Waals surface area (Å²) in [5.41, 5.74) is 2.34. The quantitative estimate of drug-likeness (QED) is 0.745. The zero-order chi connectivity index (χ0) is 8.93. The number of nitrogens with one attached hydrogen (secondary N) is 2. The molecule has 3 nitrogen and oxygen atoms in total. The number of H-pyrrole nitrogens is 1. The van der Waals surface area contributed by atoms with Crippen LogP contribution in [0.1, 0.15) is 5.56 Å². The van der Waals surface area contributed by atoms with E-state index >= 15 is 0 Å². The fraction of sp³-hybridized carbons (Fsp3) is 0.100. The number of pyridine rings is 1. The lowest BCUT2D eigenvalue weighted by molar-refractivity contribution is 1.13. The van der Waals surface area contributed by atoms with Crippen molar-refractivity contribution in [2.45, 2.75) is 6.54 Å². The molecule has 13 heavy (non-hydrogen) atoms. The Balaban J connectivity index is 1.94. The molecule has 0 saturated carbocycles. The molecule has 0 amide bonds. The molecule has 3 heteroatoms. The van der Waals surface area contributed by atoms with Crippen LogP contribution in [0.3, 0.4) is 0 Å². The Morgan fingerprint density at radius 1 is 1.23 bits per heavy atom. The highest BCUT2D eigenvalue weighted by Gasteiger charge is 1.92. The minimum atomic E-state index is 0.834. The van der Waals surface area contributed by atoms with E-state index in [9.17, 15) is 0 Å². The van der Waals surface area contributed by atoms with Crippen LogP contribution in [-0.2, 0) is 6.54 Å². The van der Waals surface area contributed by atoms with Gasteiger partial charge in [0.25, 0.3) is 0 Å². The van der Waals surface area contributed by atoms with Crippen LogP contribution < -0.4 is 5.32 Å². The van der Waals surface area contributed by atoms with Gasteiger partial charge in [0, 0.05) is 31.3 Å². The van der Waals surface area contributed by atoms with Crippen molar-refractivity contribution in [1.29, 1.82) is 0 Å². The number of anilines is 1. The molecule has 0 aliphatic carbocycles. The molecule has 2 aromatic rings. The summed E-state index contributed by atoms with van der Waals surface area (Å²) in [5, 5.41) is 3.28. The van der Waals surface area contributed by atoms with Gasteiger partial charge in [-0.15, -0.1) is 0 Å². The van der Waals surface area contributed by atoms with Crippen LogP contribution in [0, 0.1) is 0 Å². The van der Waals surface area contributed by atoms with E-state index in [1.165, 1.54) is 5.56 Å². The molecule has 2 N–H and O–H groups in total. The number of aromatic nitrogens is 2. The van der Waals surface area contributed by atoms with Crippen LogP contribution in [0.15, 0.2) is 43.0 Å². The summed E-state index contributed by atoms with van der Waals surface area (Å²) < 4.78 is 0. The molecule has 2 aromatic heterocycles. The van der Waals surface area contributed by atoms with Gasteiger partial charge < -0.3 is 10.3 Å². The number of rotatable bonds is 3. The molecule has 0 aromatic carbocycles. The van der Waals surface area contributed by atoms with Crippen LogP contribution in [0.5, 0.6) is 0 Å². The Labute approximate surface area is 76.8 Å². The summed E-state index contributed by atoms with van der Waals surface area (Å²) in [7, 11) is 0. The maximum atomic E-state index is 3.96. The van der Waals surface area contributed by atoms with Crippen molar-refractivity contribution in [3.05, 3.63) is 48.5 Å². The largest absolute Gasteiger partial charge is 0.380 e. The minimum Gasteiger partial charge on any atom is -0.380 e. The SMILES string of the molecule is c1cc(CNc2cc[nH]c2)ccn1. The minimum absolute atomic E-state index is 0.834. The number of nitrogens with zero attached hydrogens (tertiary/aromatic N) is 1. The standard InChI is InChI=1S/C10H11N3/c1-4-11-5-2-9(1)7-13-10-3-6-12-8-10/h1-6,8,12-13H,7H2. The average Bonchev–Trinajstić information content (AvgIpc) is 2.69. The second-order valence-electron chi connectivity index (χ2n) is 2.81. The molecule has 0 radical (unpaired) electrons. The van der Waals surface area contributed by atoms with Gasteiger partial charge in [-0.2, -0.15) is 0 Å². The maximum Gasteiger partial charge on any atom is 0.0520 e. The van der Waals surface area contributed by atoms with Gasteiger partial charge in [-0.25, -0.2) is 0 Å². The predicted octanol–water partition coefficient (Wildman–Crippen LogP) is 2.02. The molecule has 0 saturated heterocycles. The molecule has 2 rings (SSSR count). The first-order valence-electron chi connectivity index (χ1n) is 4.21. The third kappa shape index (κ3) is 2.08. The zero-order valence-corrected chi connectivity index (χ0v) is 7.20. The fourth-order valence-electron chi connectivity index (χ4n) is 1.14. The van der Waals surface area contributed by atoms with E-state index in [0.717, 1.165) is 12.2 Å². The van der Waals surface area contributed by atoms with E-state index in [1.54, 1.807) is 12.4 Å². The van der Waals surface area contributed by atoms with Crippen molar-refractivity contribution in [3.8, 4) is 0 Å². The first-order valence-corrected chi connectivity index (χ1v) is 4.21. The van der Waals surface area contributed by atoms with E-state index < -0.39 is 0 Å². The Morgan fingerprint density at radius 3 is 2.77 bits per heavy atom. The normalized spacial score (nSPS) is 9.85. The third-order valence-electron chi connectivity index (χ3n) is 1.84. The predicted molar refractivity (Wildman–Crippen MR) is 52.4 cm³/mol. The monoisotopic (exact) mass is 173 g/mol. The molecular weight excluding hydrogens is 162 g/mol. The van der Waals surface area contributed by atoms with Crippen molar-refractivity contribution < 1.29 is 0 Å². The number of aromatic amines is 1. The molecule has 0 aliphatic heterocycles. The van der Waals surface area contributed by atoms with Gasteiger partial charge in [0.05, 0.1) is 5.69 Å². The van der Waals surface area contributed by atoms with Crippen LogP contribution in [0.2, 0.25) is 0 Å². The van der Waals surface area contributed by atoms with Crippen molar-refractivity contribution in [1.82, 2.24) is 9.97 Å². The van der Waals surface area contributed by atoms with Crippen LogP contribution >= 0.6 is 0 Å². The topological polar surface area (TPSA) is 40.7 Å². The highest BCUT2D eigenvalue weighted by Crippen LogP contribution is 2.06. The van der Waals surface area contributed by atoms with Crippen molar-refractivity contribution >= 4 is 5.69 Å². The zero-order valence-electron chi connectivity index (χ0n) is 7.20. The van der Waals surface area contributed by atoms with E-state index in [2.05, 4.69) is 15.3 Å². The van der Waals surface area contributed by atoms with Crippen LogP contribution in [0.25, 0.3) is 0 Å². The Hall–Kier alpha value is -1.77. The Bertz CT molecular complexity index is 340. The number of hydrogen-bond donors (Lipinski definition) is 2. The molecule has 0 unspecified atom stereocenters.